The molecule has 0 bridgehead atoms. The van der Waals surface area contributed by atoms with Crippen LogP contribution in [0.15, 0.2) is 36.4 Å². The van der Waals surface area contributed by atoms with Gasteiger partial charge in [-0.25, -0.2) is 0 Å². The molecule has 3 nitrogen and oxygen atoms in total. The number of hydrogen-bond donors (Lipinski definition) is 1. The van der Waals surface area contributed by atoms with Gasteiger partial charge in [0, 0.05) is 18.2 Å². The molecule has 0 radical (unpaired) electrons. The molecule has 0 aliphatic carbocycles. The van der Waals surface area contributed by atoms with Crippen molar-refractivity contribution in [1.82, 2.24) is 4.57 Å². The van der Waals surface area contributed by atoms with Crippen molar-refractivity contribution in [3.05, 3.63) is 53.3 Å². The van der Waals surface area contributed by atoms with Crippen LogP contribution in [0.5, 0.6) is 0 Å². The van der Waals surface area contributed by atoms with Gasteiger partial charge in [0.15, 0.2) is 0 Å². The predicted octanol–water partition coefficient (Wildman–Crippen LogP) is 3.50. The van der Waals surface area contributed by atoms with Crippen LogP contribution in [0.2, 0.25) is 0 Å². The van der Waals surface area contributed by atoms with Crippen LogP contribution in [0, 0.1) is 11.3 Å². The van der Waals surface area contributed by atoms with Crippen molar-refractivity contribution in [2.45, 2.75) is 32.7 Å². The standard InChI is InChI=1S/C16H19N3/c1-3-12(2)19-14(11-17)10-15(18)16(19)9-13-7-5-4-6-8-13/h4-8,10,12H,3,9,18H2,1-2H3. The molecular formula is C16H19N3. The smallest absolute Gasteiger partial charge is 0.122 e. The molecule has 0 aliphatic rings. The van der Waals surface area contributed by atoms with Gasteiger partial charge in [-0.15, -0.1) is 0 Å². The molecule has 1 heterocycles. The maximum Gasteiger partial charge on any atom is 0.122 e. The Hall–Kier alpha value is -2.21. The highest BCUT2D eigenvalue weighted by Gasteiger charge is 2.16. The van der Waals surface area contributed by atoms with E-state index in [2.05, 4.69) is 36.6 Å². The van der Waals surface area contributed by atoms with Gasteiger partial charge in [-0.2, -0.15) is 5.26 Å². The lowest BCUT2D eigenvalue weighted by molar-refractivity contribution is 0.514. The van der Waals surface area contributed by atoms with Gasteiger partial charge in [0.2, 0.25) is 0 Å². The summed E-state index contributed by atoms with van der Waals surface area (Å²) in [6.07, 6.45) is 1.74. The van der Waals surface area contributed by atoms with Crippen molar-refractivity contribution in [2.75, 3.05) is 5.73 Å². The summed E-state index contributed by atoms with van der Waals surface area (Å²) >= 11 is 0. The second kappa shape index (κ2) is 5.62. The monoisotopic (exact) mass is 253 g/mol. The van der Waals surface area contributed by atoms with E-state index in [1.807, 2.05) is 18.2 Å². The lowest BCUT2D eigenvalue weighted by Crippen LogP contribution is -2.11. The number of nitrogens with zero attached hydrogens (tertiary/aromatic N) is 2. The number of aromatic nitrogens is 1. The van der Waals surface area contributed by atoms with Gasteiger partial charge in [0.1, 0.15) is 11.8 Å². The number of anilines is 1. The molecule has 0 fully saturated rings. The molecule has 19 heavy (non-hydrogen) atoms. The highest BCUT2D eigenvalue weighted by Crippen LogP contribution is 2.26. The average molecular weight is 253 g/mol. The Bertz CT molecular complexity index is 590. The molecule has 1 atom stereocenters. The molecule has 2 N–H and O–H groups in total. The van der Waals surface area contributed by atoms with Crippen LogP contribution >= 0.6 is 0 Å². The molecule has 0 aliphatic heterocycles. The number of nitrogens with two attached hydrogens (primary N) is 1. The van der Waals surface area contributed by atoms with Gasteiger partial charge in [-0.3, -0.25) is 0 Å². The van der Waals surface area contributed by atoms with E-state index >= 15 is 0 Å². The first-order chi connectivity index (χ1) is 9.17. The van der Waals surface area contributed by atoms with Crippen molar-refractivity contribution in [3.8, 4) is 6.07 Å². The van der Waals surface area contributed by atoms with E-state index < -0.39 is 0 Å². The minimum Gasteiger partial charge on any atom is -0.397 e. The third kappa shape index (κ3) is 2.63. The summed E-state index contributed by atoms with van der Waals surface area (Å²) in [5, 5.41) is 9.24. The molecule has 0 saturated carbocycles. The van der Waals surface area contributed by atoms with Crippen LogP contribution in [0.4, 0.5) is 5.69 Å². The SMILES string of the molecule is CCC(C)n1c(C#N)cc(N)c1Cc1ccccc1. The van der Waals surface area contributed by atoms with Crippen LogP contribution < -0.4 is 5.73 Å². The maximum atomic E-state index is 9.24. The number of nitrogen functional groups attached to an aromatic ring is 1. The van der Waals surface area contributed by atoms with Crippen molar-refractivity contribution < 1.29 is 0 Å². The maximum absolute atomic E-state index is 9.24. The van der Waals surface area contributed by atoms with Gasteiger partial charge < -0.3 is 10.3 Å². The Morgan fingerprint density at radius 2 is 2.00 bits per heavy atom. The van der Waals surface area contributed by atoms with E-state index in [1.165, 1.54) is 5.56 Å². The zero-order valence-corrected chi connectivity index (χ0v) is 11.4. The van der Waals surface area contributed by atoms with Crippen LogP contribution in [-0.2, 0) is 6.42 Å². The Balaban J connectivity index is 2.45. The minimum absolute atomic E-state index is 0.283. The molecule has 1 aromatic carbocycles. The van der Waals surface area contributed by atoms with Crippen LogP contribution in [-0.4, -0.2) is 4.57 Å². The van der Waals surface area contributed by atoms with Gasteiger partial charge in [-0.1, -0.05) is 37.3 Å². The molecule has 0 spiro atoms. The minimum atomic E-state index is 0.283. The zero-order chi connectivity index (χ0) is 13.8. The molecular weight excluding hydrogens is 234 g/mol. The predicted molar refractivity (Wildman–Crippen MR) is 77.8 cm³/mol. The number of rotatable bonds is 4. The second-order valence-corrected chi connectivity index (χ2v) is 4.83. The first-order valence-electron chi connectivity index (χ1n) is 6.61. The molecule has 2 aromatic rings. The van der Waals surface area contributed by atoms with Crippen LogP contribution in [0.1, 0.15) is 43.3 Å². The molecule has 0 saturated heterocycles. The summed E-state index contributed by atoms with van der Waals surface area (Å²) in [7, 11) is 0. The first kappa shape index (κ1) is 13.2. The van der Waals surface area contributed by atoms with E-state index in [4.69, 9.17) is 5.73 Å². The topological polar surface area (TPSA) is 54.7 Å². The quantitative estimate of drug-likeness (QED) is 0.906. The third-order valence-electron chi connectivity index (χ3n) is 3.54. The summed E-state index contributed by atoms with van der Waals surface area (Å²) in [5.41, 5.74) is 9.69. The third-order valence-corrected chi connectivity index (χ3v) is 3.54. The lowest BCUT2D eigenvalue weighted by atomic mass is 10.1. The van der Waals surface area contributed by atoms with Gasteiger partial charge >= 0.3 is 0 Å². The van der Waals surface area contributed by atoms with Crippen molar-refractivity contribution in [3.63, 3.8) is 0 Å². The average Bonchev–Trinajstić information content (AvgIpc) is 2.76. The summed E-state index contributed by atoms with van der Waals surface area (Å²) < 4.78 is 2.07. The first-order valence-corrected chi connectivity index (χ1v) is 6.61. The van der Waals surface area contributed by atoms with Gasteiger partial charge in [0.25, 0.3) is 0 Å². The summed E-state index contributed by atoms with van der Waals surface area (Å²) in [4.78, 5) is 0. The lowest BCUT2D eigenvalue weighted by Gasteiger charge is -2.17. The van der Waals surface area contributed by atoms with Gasteiger partial charge in [-0.05, 0) is 25.0 Å². The number of hydrogen-bond acceptors (Lipinski definition) is 2. The zero-order valence-electron chi connectivity index (χ0n) is 11.4. The number of benzene rings is 1. The Morgan fingerprint density at radius 1 is 1.32 bits per heavy atom. The highest BCUT2D eigenvalue weighted by molar-refractivity contribution is 5.52. The fraction of sp³-hybridized carbons (Fsp3) is 0.312. The second-order valence-electron chi connectivity index (χ2n) is 4.83. The fourth-order valence-electron chi connectivity index (χ4n) is 2.33. The fourth-order valence-corrected chi connectivity index (χ4v) is 2.33. The summed E-state index contributed by atoms with van der Waals surface area (Å²) in [5.74, 6) is 0. The van der Waals surface area contributed by atoms with E-state index in [9.17, 15) is 5.26 Å². The van der Waals surface area contributed by atoms with Crippen LogP contribution in [0.3, 0.4) is 0 Å². The van der Waals surface area contributed by atoms with E-state index in [-0.39, 0.29) is 6.04 Å². The number of nitriles is 1. The van der Waals surface area contributed by atoms with Crippen molar-refractivity contribution in [2.24, 2.45) is 0 Å². The van der Waals surface area contributed by atoms with E-state index in [1.54, 1.807) is 6.07 Å². The molecule has 1 aromatic heterocycles. The Labute approximate surface area is 114 Å². The molecule has 1 unspecified atom stereocenters. The summed E-state index contributed by atoms with van der Waals surface area (Å²) in [6.45, 7) is 4.24. The largest absolute Gasteiger partial charge is 0.397 e. The highest BCUT2D eigenvalue weighted by atomic mass is 15.0. The van der Waals surface area contributed by atoms with Gasteiger partial charge in [0.05, 0.1) is 5.69 Å². The van der Waals surface area contributed by atoms with Crippen molar-refractivity contribution >= 4 is 5.69 Å². The molecule has 2 rings (SSSR count). The summed E-state index contributed by atoms with van der Waals surface area (Å²) in [6, 6.07) is 14.5. The van der Waals surface area contributed by atoms with Crippen LogP contribution in [0.25, 0.3) is 0 Å². The Morgan fingerprint density at radius 3 is 2.58 bits per heavy atom. The molecule has 98 valence electrons. The Kier molecular flexibility index (Phi) is 3.91. The van der Waals surface area contributed by atoms with E-state index in [0.29, 0.717) is 11.4 Å². The molecule has 0 amide bonds. The van der Waals surface area contributed by atoms with Crippen molar-refractivity contribution in [1.29, 1.82) is 5.26 Å². The van der Waals surface area contributed by atoms with E-state index in [0.717, 1.165) is 18.5 Å². The normalized spacial score (nSPS) is 12.1. The molecule has 3 heteroatoms.